The van der Waals surface area contributed by atoms with Crippen LogP contribution in [0.3, 0.4) is 0 Å². The Morgan fingerprint density at radius 3 is 1.90 bits per heavy atom. The summed E-state index contributed by atoms with van der Waals surface area (Å²) in [6.45, 7) is 7.32. The minimum atomic E-state index is -4.50. The first-order valence-corrected chi connectivity index (χ1v) is 25.4. The first kappa shape index (κ1) is 56.0. The smallest absolute Gasteiger partial charge is 0.753 e. The van der Waals surface area contributed by atoms with Crippen LogP contribution in [0, 0.1) is 6.92 Å². The molecular weight excluding hydrogens is 1070 g/mol. The number of thiocarbonyl (C=S) groups is 1. The van der Waals surface area contributed by atoms with Crippen LogP contribution in [0.5, 0.6) is 11.5 Å². The summed E-state index contributed by atoms with van der Waals surface area (Å²) in [5, 5.41) is 17.4. The Bertz CT molecular complexity index is 3000. The van der Waals surface area contributed by atoms with Gasteiger partial charge in [-0.3, -0.25) is 24.5 Å². The third-order valence-corrected chi connectivity index (χ3v) is 14.1. The van der Waals surface area contributed by atoms with Gasteiger partial charge < -0.3 is 25.1 Å². The molecule has 0 unspecified atom stereocenters. The Balaban J connectivity index is 0.000000269. The van der Waals surface area contributed by atoms with E-state index in [1.807, 2.05) is 29.5 Å². The van der Waals surface area contributed by atoms with Crippen molar-refractivity contribution in [3.05, 3.63) is 130 Å². The Hall–Kier alpha value is -5.94. The van der Waals surface area contributed by atoms with Crippen LogP contribution in [0.1, 0.15) is 86.9 Å². The summed E-state index contributed by atoms with van der Waals surface area (Å²) in [7, 11) is 0. The van der Waals surface area contributed by atoms with Crippen LogP contribution in [-0.4, -0.2) is 43.1 Å². The summed E-state index contributed by atoms with van der Waals surface area (Å²) >= 11 is 8.97. The zero-order valence-electron chi connectivity index (χ0n) is 38.9. The van der Waals surface area contributed by atoms with Crippen molar-refractivity contribution in [2.24, 2.45) is 0 Å². The molecule has 0 atom stereocenters. The number of nitrogens with zero attached hydrogens (tertiary/aromatic N) is 7. The minimum absolute atomic E-state index is 0. The van der Waals surface area contributed by atoms with E-state index in [-0.39, 0.29) is 25.2 Å². The van der Waals surface area contributed by atoms with Gasteiger partial charge in [-0.05, 0) is 121 Å². The molecule has 0 radical (unpaired) electrons. The van der Waals surface area contributed by atoms with Crippen LogP contribution in [0.2, 0.25) is 0 Å². The largest absolute Gasteiger partial charge is 2.00 e. The number of thiophene rings is 3. The number of unbranched alkanes of at least 4 members (excludes halogenated alkanes) is 6. The van der Waals surface area contributed by atoms with Crippen molar-refractivity contribution in [3.63, 3.8) is 0 Å². The third kappa shape index (κ3) is 16.0. The number of pyridine rings is 4. The maximum absolute atomic E-state index is 12.7. The van der Waals surface area contributed by atoms with Gasteiger partial charge in [0.05, 0.1) is 28.5 Å². The quantitative estimate of drug-likeness (QED) is 0.0236. The summed E-state index contributed by atoms with van der Waals surface area (Å²) in [4.78, 5) is 46.0. The van der Waals surface area contributed by atoms with Crippen molar-refractivity contribution in [1.82, 2.24) is 30.1 Å². The number of hydrogen-bond acceptors (Lipinski definition) is 13. The Labute approximate surface area is 440 Å². The Morgan fingerprint density at radius 1 is 0.676 bits per heavy atom. The molecule has 8 aromatic heterocycles. The van der Waals surface area contributed by atoms with Crippen LogP contribution >= 0.6 is 46.2 Å². The maximum atomic E-state index is 12.7. The van der Waals surface area contributed by atoms with Gasteiger partial charge in [0.15, 0.2) is 0 Å². The number of isothiocyanates is 1. The number of alkyl halides is 3. The molecule has 0 fully saturated rings. The zero-order chi connectivity index (χ0) is 49.9. The van der Waals surface area contributed by atoms with Gasteiger partial charge in [0.2, 0.25) is 0 Å². The van der Waals surface area contributed by atoms with E-state index in [0.29, 0.717) is 52.9 Å². The molecule has 368 valence electrons. The molecule has 71 heavy (non-hydrogen) atoms. The van der Waals surface area contributed by atoms with Crippen molar-refractivity contribution in [2.45, 2.75) is 91.2 Å². The summed E-state index contributed by atoms with van der Waals surface area (Å²) in [6, 6.07) is 23.8. The topological polar surface area (TPSA) is 153 Å². The Kier molecular flexibility index (Phi) is 22.2. The van der Waals surface area contributed by atoms with Gasteiger partial charge in [-0.1, -0.05) is 70.3 Å². The summed E-state index contributed by atoms with van der Waals surface area (Å²) in [5.41, 5.74) is 6.27. The number of carbonyl (C=O) groups excluding carboxylic acids is 2. The zero-order valence-corrected chi connectivity index (χ0v) is 43.9. The average Bonchev–Trinajstić information content (AvgIpc) is 4.21. The summed E-state index contributed by atoms with van der Waals surface area (Å²) in [5.74, 6) is 0.627. The fourth-order valence-electron chi connectivity index (χ4n) is 7.41. The molecule has 8 aromatic rings. The van der Waals surface area contributed by atoms with Gasteiger partial charge >= 0.3 is 25.7 Å². The van der Waals surface area contributed by atoms with Crippen molar-refractivity contribution in [2.75, 3.05) is 0 Å². The van der Waals surface area contributed by atoms with Crippen LogP contribution in [0.15, 0.2) is 103 Å². The van der Waals surface area contributed by atoms with Gasteiger partial charge in [0, 0.05) is 61.2 Å². The van der Waals surface area contributed by atoms with Crippen LogP contribution in [0.25, 0.3) is 70.2 Å². The minimum Gasteiger partial charge on any atom is -0.753 e. The molecule has 19 heteroatoms. The SMILES string of the molecule is CCCCCCc1cc(C)sc1-c1ccc(-c2ccnc(-c3cc(OC=O)cc(-c4cc(OC=O)ccn4)n3)c2)s1.CCCCCCc1ccsc1-c1ccnc(-c2cc(C(F)(F)F)n[n-]2)c1.[N-]=C=S.[Ru+2]. The fourth-order valence-corrected chi connectivity index (χ4v) is 10.6. The first-order chi connectivity index (χ1) is 34.0. The van der Waals surface area contributed by atoms with E-state index >= 15 is 0 Å². The second-order valence-electron chi connectivity index (χ2n) is 15.7. The predicted octanol–water partition coefficient (Wildman–Crippen LogP) is 14.8. The molecule has 0 amide bonds. The second-order valence-corrected chi connectivity index (χ2v) is 19.2. The maximum Gasteiger partial charge on any atom is 2.00 e. The van der Waals surface area contributed by atoms with Gasteiger partial charge in [-0.2, -0.15) is 18.3 Å². The molecule has 0 aromatic carbocycles. The van der Waals surface area contributed by atoms with Gasteiger partial charge in [0.1, 0.15) is 17.2 Å². The summed E-state index contributed by atoms with van der Waals surface area (Å²) in [6.07, 6.45) is 12.3. The van der Waals surface area contributed by atoms with Crippen LogP contribution in [0.4, 0.5) is 13.2 Å². The monoisotopic (exact) mass is 1120 g/mol. The number of halogens is 3. The summed E-state index contributed by atoms with van der Waals surface area (Å²) < 4.78 is 48.3. The molecule has 0 aliphatic rings. The molecule has 0 aliphatic heterocycles. The van der Waals surface area contributed by atoms with Crippen LogP contribution in [-0.2, 0) is 48.1 Å². The number of carbonyl (C=O) groups is 2. The van der Waals surface area contributed by atoms with Gasteiger partial charge in [0.25, 0.3) is 12.9 Å². The number of ether oxygens (including phenoxy) is 2. The molecule has 0 N–H and O–H groups in total. The molecular formula is C52H48F3N7O4RuS4. The van der Waals surface area contributed by atoms with E-state index < -0.39 is 11.9 Å². The third-order valence-electron chi connectivity index (χ3n) is 10.7. The number of hydrogen-bond donors (Lipinski definition) is 0. The van der Waals surface area contributed by atoms with Gasteiger partial charge in [-0.25, -0.2) is 4.98 Å². The molecule has 8 heterocycles. The first-order valence-electron chi connectivity index (χ1n) is 22.5. The Morgan fingerprint density at radius 2 is 1.25 bits per heavy atom. The predicted molar refractivity (Wildman–Crippen MR) is 276 cm³/mol. The van der Waals surface area contributed by atoms with E-state index in [1.165, 1.54) is 82.1 Å². The number of aromatic nitrogens is 6. The van der Waals surface area contributed by atoms with E-state index in [4.69, 9.17) is 19.9 Å². The normalized spacial score (nSPS) is 10.7. The van der Waals surface area contributed by atoms with Crippen molar-refractivity contribution >= 4 is 64.3 Å². The molecule has 0 aliphatic carbocycles. The van der Waals surface area contributed by atoms with Gasteiger partial charge in [-0.15, -0.1) is 34.0 Å². The van der Waals surface area contributed by atoms with E-state index in [9.17, 15) is 22.8 Å². The van der Waals surface area contributed by atoms with E-state index in [2.05, 4.69) is 87.8 Å². The number of aryl methyl sites for hydroxylation is 3. The van der Waals surface area contributed by atoms with Crippen molar-refractivity contribution in [1.29, 1.82) is 0 Å². The van der Waals surface area contributed by atoms with Crippen LogP contribution < -0.4 is 14.6 Å². The standard InChI is InChI=1S/C32H29N3O4S2.C19H19F3N3S.CNS.Ru/c1-3-4-5-6-7-23-14-21(2)40-32(23)31-9-8-30(41-31)22-10-12-33-26(15-22)28-17-25(39-20-37)18-29(35-28)27-16-24(38-19-36)11-13-34-27;1-2-3-4-5-6-13-8-10-26-18(13)14-7-9-23-15(11-14)16-12-17(25-24-16)19(20,21)22;2-1-3;/h8-20H,3-7H2,1-2H3;7-12H,2-6H2,1H3;;/q;2*-1;+2. The molecule has 11 nitrogen and oxygen atoms in total. The van der Waals surface area contributed by atoms with E-state index in [1.54, 1.807) is 65.4 Å². The average molecular weight is 1120 g/mol. The molecule has 0 saturated heterocycles. The number of rotatable bonds is 20. The van der Waals surface area contributed by atoms with Crippen molar-refractivity contribution in [3.8, 4) is 76.3 Å². The fraction of sp³-hybridized carbons (Fsp3) is 0.269. The molecule has 0 bridgehead atoms. The molecule has 0 saturated carbocycles. The second kappa shape index (κ2) is 28.2. The molecule has 8 rings (SSSR count). The van der Waals surface area contributed by atoms with E-state index in [0.717, 1.165) is 46.2 Å². The van der Waals surface area contributed by atoms with Crippen molar-refractivity contribution < 1.29 is 51.7 Å². The molecule has 0 spiro atoms.